The standard InChI is InChI=1S/C16H13F3N2O3S/c17-12-6-7-13(15(19)14(12)18)20-16(22)10-2-4-11(5-3-10)21-8-1-9-25(21,23)24/h2-7H,1,8-9H2,(H,20,22). The zero-order valence-corrected chi connectivity index (χ0v) is 13.6. The molecule has 2 aromatic rings. The van der Waals surface area contributed by atoms with Gasteiger partial charge in [-0.1, -0.05) is 0 Å². The molecule has 1 saturated heterocycles. The average Bonchev–Trinajstić information content (AvgIpc) is 2.94. The molecule has 1 aliphatic heterocycles. The molecule has 0 bridgehead atoms. The molecule has 0 radical (unpaired) electrons. The van der Waals surface area contributed by atoms with E-state index in [4.69, 9.17) is 0 Å². The highest BCUT2D eigenvalue weighted by atomic mass is 32.2. The molecule has 0 aliphatic carbocycles. The third-order valence-electron chi connectivity index (χ3n) is 3.80. The normalized spacial score (nSPS) is 16.0. The predicted octanol–water partition coefficient (Wildman–Crippen LogP) is 2.90. The van der Waals surface area contributed by atoms with Crippen LogP contribution in [0.5, 0.6) is 0 Å². The van der Waals surface area contributed by atoms with E-state index in [0.717, 1.165) is 6.07 Å². The van der Waals surface area contributed by atoms with Gasteiger partial charge in [0.15, 0.2) is 17.5 Å². The lowest BCUT2D eigenvalue weighted by atomic mass is 10.2. The van der Waals surface area contributed by atoms with Crippen molar-refractivity contribution in [3.05, 3.63) is 59.4 Å². The monoisotopic (exact) mass is 370 g/mol. The van der Waals surface area contributed by atoms with Gasteiger partial charge in [-0.15, -0.1) is 0 Å². The molecule has 1 N–H and O–H groups in total. The smallest absolute Gasteiger partial charge is 0.255 e. The topological polar surface area (TPSA) is 66.5 Å². The number of halogens is 3. The second kappa shape index (κ2) is 6.40. The number of hydrogen-bond acceptors (Lipinski definition) is 3. The van der Waals surface area contributed by atoms with Crippen LogP contribution in [-0.4, -0.2) is 26.6 Å². The summed E-state index contributed by atoms with van der Waals surface area (Å²) in [5, 5.41) is 2.15. The highest BCUT2D eigenvalue weighted by Crippen LogP contribution is 2.25. The summed E-state index contributed by atoms with van der Waals surface area (Å²) in [6.45, 7) is 0.369. The third kappa shape index (κ3) is 3.32. The maximum absolute atomic E-state index is 13.6. The molecular formula is C16H13F3N2O3S. The Labute approximate surface area is 142 Å². The van der Waals surface area contributed by atoms with Crippen LogP contribution in [0.2, 0.25) is 0 Å². The molecule has 3 rings (SSSR count). The lowest BCUT2D eigenvalue weighted by molar-refractivity contribution is 0.102. The molecule has 9 heteroatoms. The Morgan fingerprint density at radius 3 is 2.28 bits per heavy atom. The van der Waals surface area contributed by atoms with Gasteiger partial charge in [0.25, 0.3) is 5.91 Å². The number of carbonyl (C=O) groups is 1. The van der Waals surface area contributed by atoms with Crippen LogP contribution < -0.4 is 9.62 Å². The second-order valence-electron chi connectivity index (χ2n) is 5.47. The molecule has 0 spiro atoms. The van der Waals surface area contributed by atoms with Crippen molar-refractivity contribution in [2.75, 3.05) is 21.9 Å². The summed E-state index contributed by atoms with van der Waals surface area (Å²) in [5.41, 5.74) is 0.0487. The molecule has 0 atom stereocenters. The van der Waals surface area contributed by atoms with Gasteiger partial charge in [-0.3, -0.25) is 9.10 Å². The molecule has 2 aromatic carbocycles. The van der Waals surface area contributed by atoms with E-state index in [2.05, 4.69) is 5.32 Å². The van der Waals surface area contributed by atoms with Gasteiger partial charge in [0.05, 0.1) is 17.1 Å². The van der Waals surface area contributed by atoms with Crippen molar-refractivity contribution in [3.8, 4) is 0 Å². The Morgan fingerprint density at radius 1 is 1.00 bits per heavy atom. The molecule has 0 aromatic heterocycles. The van der Waals surface area contributed by atoms with Gasteiger partial charge in [0.2, 0.25) is 10.0 Å². The summed E-state index contributed by atoms with van der Waals surface area (Å²) in [6.07, 6.45) is 0.528. The van der Waals surface area contributed by atoms with E-state index in [1.807, 2.05) is 0 Å². The first-order valence-corrected chi connectivity index (χ1v) is 8.96. The molecule has 132 valence electrons. The quantitative estimate of drug-likeness (QED) is 0.845. The van der Waals surface area contributed by atoms with E-state index in [1.165, 1.54) is 28.6 Å². The van der Waals surface area contributed by atoms with Gasteiger partial charge in [-0.05, 0) is 42.8 Å². The largest absolute Gasteiger partial charge is 0.319 e. The molecule has 1 amide bonds. The first-order chi connectivity index (χ1) is 11.8. The number of rotatable bonds is 3. The number of amides is 1. The zero-order chi connectivity index (χ0) is 18.2. The maximum atomic E-state index is 13.6. The minimum absolute atomic E-state index is 0.0741. The molecular weight excluding hydrogens is 357 g/mol. The summed E-state index contributed by atoms with van der Waals surface area (Å²) < 4.78 is 64.6. The molecule has 1 heterocycles. The first-order valence-electron chi connectivity index (χ1n) is 7.35. The van der Waals surface area contributed by atoms with Crippen LogP contribution in [-0.2, 0) is 10.0 Å². The van der Waals surface area contributed by atoms with E-state index in [0.29, 0.717) is 24.7 Å². The molecule has 1 fully saturated rings. The van der Waals surface area contributed by atoms with Gasteiger partial charge < -0.3 is 5.32 Å². The maximum Gasteiger partial charge on any atom is 0.255 e. The highest BCUT2D eigenvalue weighted by Gasteiger charge is 2.28. The van der Waals surface area contributed by atoms with Crippen LogP contribution >= 0.6 is 0 Å². The fraction of sp³-hybridized carbons (Fsp3) is 0.188. The van der Waals surface area contributed by atoms with E-state index in [-0.39, 0.29) is 11.3 Å². The number of hydrogen-bond donors (Lipinski definition) is 1. The Balaban J connectivity index is 1.79. The van der Waals surface area contributed by atoms with Gasteiger partial charge in [0.1, 0.15) is 0 Å². The Bertz CT molecular complexity index is 930. The van der Waals surface area contributed by atoms with Crippen LogP contribution in [0.4, 0.5) is 24.5 Å². The summed E-state index contributed by atoms with van der Waals surface area (Å²) in [4.78, 5) is 12.1. The lowest BCUT2D eigenvalue weighted by Gasteiger charge is -2.17. The Kier molecular flexibility index (Phi) is 4.42. The fourth-order valence-electron chi connectivity index (χ4n) is 2.53. The van der Waals surface area contributed by atoms with Crippen LogP contribution in [0.15, 0.2) is 36.4 Å². The van der Waals surface area contributed by atoms with Crippen LogP contribution in [0.25, 0.3) is 0 Å². The average molecular weight is 370 g/mol. The lowest BCUT2D eigenvalue weighted by Crippen LogP contribution is -2.25. The van der Waals surface area contributed by atoms with Crippen molar-refractivity contribution in [3.63, 3.8) is 0 Å². The number of sulfonamides is 1. The van der Waals surface area contributed by atoms with Gasteiger partial charge >= 0.3 is 0 Å². The zero-order valence-electron chi connectivity index (χ0n) is 12.8. The number of carbonyl (C=O) groups excluding carboxylic acids is 1. The van der Waals surface area contributed by atoms with Gasteiger partial charge in [-0.2, -0.15) is 0 Å². The minimum Gasteiger partial charge on any atom is -0.319 e. The van der Waals surface area contributed by atoms with E-state index in [1.54, 1.807) is 0 Å². The van der Waals surface area contributed by atoms with Gasteiger partial charge in [-0.25, -0.2) is 21.6 Å². The molecule has 0 saturated carbocycles. The molecule has 1 aliphatic rings. The summed E-state index contributed by atoms with van der Waals surface area (Å²) in [5.74, 6) is -5.18. The molecule has 0 unspecified atom stereocenters. The predicted molar refractivity (Wildman–Crippen MR) is 86.5 cm³/mol. The third-order valence-corrected chi connectivity index (χ3v) is 5.67. The van der Waals surface area contributed by atoms with Crippen LogP contribution in [0.3, 0.4) is 0 Å². The first kappa shape index (κ1) is 17.3. The fourth-order valence-corrected chi connectivity index (χ4v) is 4.09. The highest BCUT2D eigenvalue weighted by molar-refractivity contribution is 7.93. The molecule has 5 nitrogen and oxygen atoms in total. The van der Waals surface area contributed by atoms with E-state index in [9.17, 15) is 26.4 Å². The summed E-state index contributed by atoms with van der Waals surface area (Å²) >= 11 is 0. The van der Waals surface area contributed by atoms with Crippen LogP contribution in [0.1, 0.15) is 16.8 Å². The van der Waals surface area contributed by atoms with Crippen molar-refractivity contribution in [2.24, 2.45) is 0 Å². The Morgan fingerprint density at radius 2 is 1.68 bits per heavy atom. The Hall–Kier alpha value is -2.55. The van der Waals surface area contributed by atoms with Crippen molar-refractivity contribution in [1.29, 1.82) is 0 Å². The number of nitrogens with zero attached hydrogens (tertiary/aromatic N) is 1. The number of anilines is 2. The number of nitrogens with one attached hydrogen (secondary N) is 1. The van der Waals surface area contributed by atoms with Crippen LogP contribution in [0, 0.1) is 17.5 Å². The van der Waals surface area contributed by atoms with Crippen molar-refractivity contribution in [1.82, 2.24) is 0 Å². The van der Waals surface area contributed by atoms with Gasteiger partial charge in [0, 0.05) is 12.1 Å². The van der Waals surface area contributed by atoms with Crippen molar-refractivity contribution in [2.45, 2.75) is 6.42 Å². The second-order valence-corrected chi connectivity index (χ2v) is 7.48. The minimum atomic E-state index is -3.33. The number of benzene rings is 2. The van der Waals surface area contributed by atoms with Crippen molar-refractivity contribution >= 4 is 27.3 Å². The molecule has 25 heavy (non-hydrogen) atoms. The summed E-state index contributed by atoms with van der Waals surface area (Å²) in [7, 11) is -3.33. The SMILES string of the molecule is O=C(Nc1ccc(F)c(F)c1F)c1ccc(N2CCCS2(=O)=O)cc1. The van der Waals surface area contributed by atoms with E-state index < -0.39 is 39.1 Å². The van der Waals surface area contributed by atoms with Crippen molar-refractivity contribution < 1.29 is 26.4 Å². The summed E-state index contributed by atoms with van der Waals surface area (Å²) in [6, 6.07) is 7.28. The van der Waals surface area contributed by atoms with E-state index >= 15 is 0 Å².